The number of methoxy groups -OCH3 is 1. The molecule has 0 bridgehead atoms. The molecule has 0 fully saturated rings. The van der Waals surface area contributed by atoms with E-state index in [0.29, 0.717) is 17.0 Å². The number of thiophene rings is 1. The first-order valence-electron chi connectivity index (χ1n) is 5.16. The van der Waals surface area contributed by atoms with E-state index < -0.39 is 0 Å². The highest BCUT2D eigenvalue weighted by atomic mass is 32.1. The summed E-state index contributed by atoms with van der Waals surface area (Å²) in [4.78, 5) is 13.0. The Balaban J connectivity index is 2.39. The van der Waals surface area contributed by atoms with Crippen LogP contribution in [0.15, 0.2) is 29.6 Å². The summed E-state index contributed by atoms with van der Waals surface area (Å²) in [5, 5.41) is 1.91. The zero-order chi connectivity index (χ0) is 12.4. The van der Waals surface area contributed by atoms with Crippen LogP contribution in [0.2, 0.25) is 0 Å². The Labute approximate surface area is 104 Å². The van der Waals surface area contributed by atoms with Gasteiger partial charge in [0, 0.05) is 5.56 Å². The maximum absolute atomic E-state index is 12.2. The van der Waals surface area contributed by atoms with E-state index in [1.165, 1.54) is 11.3 Å². The summed E-state index contributed by atoms with van der Waals surface area (Å²) in [6.07, 6.45) is 0. The van der Waals surface area contributed by atoms with Crippen LogP contribution in [-0.2, 0) is 0 Å². The molecule has 0 aliphatic rings. The molecule has 1 aromatic carbocycles. The second-order valence-corrected chi connectivity index (χ2v) is 4.63. The lowest BCUT2D eigenvalue weighted by molar-refractivity contribution is 0.104. The molecule has 0 aliphatic heterocycles. The van der Waals surface area contributed by atoms with Gasteiger partial charge >= 0.3 is 0 Å². The van der Waals surface area contributed by atoms with Crippen LogP contribution in [0.25, 0.3) is 0 Å². The van der Waals surface area contributed by atoms with E-state index in [0.717, 1.165) is 10.4 Å². The SMILES string of the molecule is COc1ccc(C(=O)c2sccc2C)cc1N. The molecular weight excluding hydrogens is 234 g/mol. The van der Waals surface area contributed by atoms with E-state index in [4.69, 9.17) is 10.5 Å². The Morgan fingerprint density at radius 3 is 2.65 bits per heavy atom. The fourth-order valence-electron chi connectivity index (χ4n) is 1.61. The van der Waals surface area contributed by atoms with Gasteiger partial charge in [-0.2, -0.15) is 0 Å². The van der Waals surface area contributed by atoms with Crippen molar-refractivity contribution in [3.8, 4) is 5.75 Å². The van der Waals surface area contributed by atoms with Crippen molar-refractivity contribution in [2.45, 2.75) is 6.92 Å². The van der Waals surface area contributed by atoms with Crippen molar-refractivity contribution in [3.63, 3.8) is 0 Å². The van der Waals surface area contributed by atoms with Gasteiger partial charge in [-0.1, -0.05) is 0 Å². The van der Waals surface area contributed by atoms with Gasteiger partial charge in [0.15, 0.2) is 0 Å². The average Bonchev–Trinajstić information content (AvgIpc) is 2.74. The molecule has 1 aromatic heterocycles. The molecule has 2 rings (SSSR count). The summed E-state index contributed by atoms with van der Waals surface area (Å²) in [6.45, 7) is 1.93. The zero-order valence-electron chi connectivity index (χ0n) is 9.69. The van der Waals surface area contributed by atoms with Crippen LogP contribution in [-0.4, -0.2) is 12.9 Å². The minimum absolute atomic E-state index is 0.00635. The minimum atomic E-state index is 0.00635. The Hall–Kier alpha value is -1.81. The van der Waals surface area contributed by atoms with Crippen LogP contribution >= 0.6 is 11.3 Å². The Kier molecular flexibility index (Phi) is 3.15. The van der Waals surface area contributed by atoms with Gasteiger partial charge in [-0.05, 0) is 42.1 Å². The lowest BCUT2D eigenvalue weighted by Crippen LogP contribution is -2.02. The summed E-state index contributed by atoms with van der Waals surface area (Å²) in [5.74, 6) is 0.594. The van der Waals surface area contributed by atoms with Crippen LogP contribution < -0.4 is 10.5 Å². The Morgan fingerprint density at radius 2 is 2.12 bits per heavy atom. The number of carbonyl (C=O) groups excluding carboxylic acids is 1. The number of ketones is 1. The molecule has 0 amide bonds. The van der Waals surface area contributed by atoms with Gasteiger partial charge in [0.1, 0.15) is 5.75 Å². The van der Waals surface area contributed by atoms with Gasteiger partial charge in [0.05, 0.1) is 17.7 Å². The summed E-state index contributed by atoms with van der Waals surface area (Å²) in [6, 6.07) is 7.04. The largest absolute Gasteiger partial charge is 0.495 e. The molecule has 0 spiro atoms. The molecule has 1 heterocycles. The Morgan fingerprint density at radius 1 is 1.35 bits per heavy atom. The molecule has 0 aliphatic carbocycles. The predicted octanol–water partition coefficient (Wildman–Crippen LogP) is 2.88. The summed E-state index contributed by atoms with van der Waals surface area (Å²) in [5.41, 5.74) is 7.85. The number of nitrogens with two attached hydrogens (primary N) is 1. The maximum atomic E-state index is 12.2. The first kappa shape index (κ1) is 11.7. The van der Waals surface area contributed by atoms with Crippen molar-refractivity contribution >= 4 is 22.8 Å². The van der Waals surface area contributed by atoms with Crippen molar-refractivity contribution < 1.29 is 9.53 Å². The summed E-state index contributed by atoms with van der Waals surface area (Å²) in [7, 11) is 1.55. The number of rotatable bonds is 3. The molecule has 3 nitrogen and oxygen atoms in total. The molecule has 17 heavy (non-hydrogen) atoms. The molecule has 0 saturated heterocycles. The number of carbonyl (C=O) groups is 1. The highest BCUT2D eigenvalue weighted by molar-refractivity contribution is 7.12. The van der Waals surface area contributed by atoms with E-state index in [9.17, 15) is 4.79 Å². The van der Waals surface area contributed by atoms with E-state index in [1.54, 1.807) is 25.3 Å². The second-order valence-electron chi connectivity index (χ2n) is 3.72. The number of hydrogen-bond donors (Lipinski definition) is 1. The van der Waals surface area contributed by atoms with Crippen molar-refractivity contribution in [3.05, 3.63) is 45.6 Å². The monoisotopic (exact) mass is 247 g/mol. The standard InChI is InChI=1S/C13H13NO2S/c1-8-5-6-17-13(8)12(15)9-3-4-11(16-2)10(14)7-9/h3-7H,14H2,1-2H3. The van der Waals surface area contributed by atoms with Crippen molar-refractivity contribution in [1.29, 1.82) is 0 Å². The minimum Gasteiger partial charge on any atom is -0.495 e. The molecule has 0 saturated carbocycles. The number of aryl methyl sites for hydroxylation is 1. The van der Waals surface area contributed by atoms with E-state index in [-0.39, 0.29) is 5.78 Å². The lowest BCUT2D eigenvalue weighted by atomic mass is 10.1. The van der Waals surface area contributed by atoms with Gasteiger partial charge in [-0.25, -0.2) is 0 Å². The van der Waals surface area contributed by atoms with E-state index in [1.807, 2.05) is 18.4 Å². The predicted molar refractivity (Wildman–Crippen MR) is 69.9 cm³/mol. The van der Waals surface area contributed by atoms with Crippen LogP contribution in [0.4, 0.5) is 5.69 Å². The molecule has 88 valence electrons. The van der Waals surface area contributed by atoms with Crippen LogP contribution in [0.3, 0.4) is 0 Å². The molecule has 2 N–H and O–H groups in total. The summed E-state index contributed by atoms with van der Waals surface area (Å²) >= 11 is 1.45. The van der Waals surface area contributed by atoms with Gasteiger partial charge < -0.3 is 10.5 Å². The van der Waals surface area contributed by atoms with Gasteiger partial charge in [0.2, 0.25) is 5.78 Å². The fourth-order valence-corrected chi connectivity index (χ4v) is 2.50. The molecule has 4 heteroatoms. The van der Waals surface area contributed by atoms with Crippen LogP contribution in [0.1, 0.15) is 20.8 Å². The van der Waals surface area contributed by atoms with Crippen LogP contribution in [0, 0.1) is 6.92 Å². The third-order valence-corrected chi connectivity index (χ3v) is 3.58. The van der Waals surface area contributed by atoms with E-state index >= 15 is 0 Å². The normalized spacial score (nSPS) is 10.2. The molecule has 0 unspecified atom stereocenters. The molecule has 0 atom stereocenters. The molecular formula is C13H13NO2S. The topological polar surface area (TPSA) is 52.3 Å². The van der Waals surface area contributed by atoms with Gasteiger partial charge in [-0.15, -0.1) is 11.3 Å². The Bertz CT molecular complexity index is 560. The number of hydrogen-bond acceptors (Lipinski definition) is 4. The second kappa shape index (κ2) is 4.59. The maximum Gasteiger partial charge on any atom is 0.203 e. The number of ether oxygens (including phenoxy) is 1. The lowest BCUT2D eigenvalue weighted by Gasteiger charge is -2.06. The number of nitrogen functional groups attached to an aromatic ring is 1. The van der Waals surface area contributed by atoms with Gasteiger partial charge in [-0.3, -0.25) is 4.79 Å². The first-order valence-corrected chi connectivity index (χ1v) is 6.03. The quantitative estimate of drug-likeness (QED) is 0.670. The zero-order valence-corrected chi connectivity index (χ0v) is 10.5. The fraction of sp³-hybridized carbons (Fsp3) is 0.154. The van der Waals surface area contributed by atoms with Crippen molar-refractivity contribution in [1.82, 2.24) is 0 Å². The van der Waals surface area contributed by atoms with Crippen molar-refractivity contribution in [2.75, 3.05) is 12.8 Å². The van der Waals surface area contributed by atoms with Crippen molar-refractivity contribution in [2.24, 2.45) is 0 Å². The smallest absolute Gasteiger partial charge is 0.203 e. The third-order valence-electron chi connectivity index (χ3n) is 2.56. The highest BCUT2D eigenvalue weighted by Crippen LogP contribution is 2.25. The first-order chi connectivity index (χ1) is 8.13. The summed E-state index contributed by atoms with van der Waals surface area (Å²) < 4.78 is 5.06. The third kappa shape index (κ3) is 2.17. The van der Waals surface area contributed by atoms with Gasteiger partial charge in [0.25, 0.3) is 0 Å². The molecule has 2 aromatic rings. The van der Waals surface area contributed by atoms with E-state index in [2.05, 4.69) is 0 Å². The molecule has 0 radical (unpaired) electrons. The van der Waals surface area contributed by atoms with Crippen LogP contribution in [0.5, 0.6) is 5.75 Å². The number of benzene rings is 1. The number of anilines is 1. The average molecular weight is 247 g/mol. The highest BCUT2D eigenvalue weighted by Gasteiger charge is 2.14.